The zero-order chi connectivity index (χ0) is 13.5. The number of esters is 1. The lowest BCUT2D eigenvalue weighted by molar-refractivity contribution is 0.0265. The third-order valence-corrected chi connectivity index (χ3v) is 2.83. The van der Waals surface area contributed by atoms with E-state index in [4.69, 9.17) is 9.15 Å². The summed E-state index contributed by atoms with van der Waals surface area (Å²) in [5.74, 6) is 0.934. The van der Waals surface area contributed by atoms with Gasteiger partial charge in [-0.2, -0.15) is 0 Å². The van der Waals surface area contributed by atoms with Crippen LogP contribution >= 0.6 is 0 Å². The summed E-state index contributed by atoms with van der Waals surface area (Å²) in [5.41, 5.74) is 0. The molecule has 0 fully saturated rings. The Morgan fingerprint density at radius 3 is 2.72 bits per heavy atom. The van der Waals surface area contributed by atoms with Crippen LogP contribution in [0.4, 0.5) is 0 Å². The van der Waals surface area contributed by atoms with Crippen LogP contribution in [-0.4, -0.2) is 19.7 Å². The van der Waals surface area contributed by atoms with Crippen molar-refractivity contribution < 1.29 is 18.7 Å². The van der Waals surface area contributed by atoms with Crippen molar-refractivity contribution in [2.24, 2.45) is 5.92 Å². The highest BCUT2D eigenvalue weighted by Crippen LogP contribution is 2.21. The van der Waals surface area contributed by atoms with Crippen molar-refractivity contribution >= 4 is 5.97 Å². The molecule has 0 aliphatic rings. The quantitative estimate of drug-likeness (QED) is 0.698. The van der Waals surface area contributed by atoms with Gasteiger partial charge in [0.2, 0.25) is 5.76 Å². The van der Waals surface area contributed by atoms with Crippen molar-refractivity contribution in [1.29, 1.82) is 0 Å². The van der Waals surface area contributed by atoms with Gasteiger partial charge in [0.15, 0.2) is 0 Å². The molecular formula is C14H22O4. The molecule has 0 saturated carbocycles. The molecule has 0 aliphatic heterocycles. The van der Waals surface area contributed by atoms with Crippen LogP contribution < -0.4 is 0 Å². The molecular weight excluding hydrogens is 232 g/mol. The molecule has 0 spiro atoms. The van der Waals surface area contributed by atoms with Gasteiger partial charge in [0.25, 0.3) is 0 Å². The summed E-state index contributed by atoms with van der Waals surface area (Å²) in [6, 6.07) is 3.36. The van der Waals surface area contributed by atoms with Gasteiger partial charge in [0.05, 0.1) is 13.7 Å². The van der Waals surface area contributed by atoms with Gasteiger partial charge in [-0.3, -0.25) is 0 Å². The number of hydrogen-bond acceptors (Lipinski definition) is 4. The first-order valence-corrected chi connectivity index (χ1v) is 6.38. The second-order valence-electron chi connectivity index (χ2n) is 4.56. The molecule has 2 atom stereocenters. The molecule has 0 amide bonds. The van der Waals surface area contributed by atoms with E-state index in [-0.39, 0.29) is 11.9 Å². The summed E-state index contributed by atoms with van der Waals surface area (Å²) in [7, 11) is 1.33. The number of ether oxygens (including phenoxy) is 2. The molecule has 0 aliphatic carbocycles. The van der Waals surface area contributed by atoms with Gasteiger partial charge >= 0.3 is 5.97 Å². The Labute approximate surface area is 108 Å². The van der Waals surface area contributed by atoms with Gasteiger partial charge in [0.1, 0.15) is 11.9 Å². The van der Waals surface area contributed by atoms with Crippen LogP contribution in [0, 0.1) is 5.92 Å². The van der Waals surface area contributed by atoms with Crippen molar-refractivity contribution in [3.8, 4) is 0 Å². The van der Waals surface area contributed by atoms with Gasteiger partial charge in [-0.15, -0.1) is 0 Å². The van der Waals surface area contributed by atoms with E-state index in [1.54, 1.807) is 12.1 Å². The summed E-state index contributed by atoms with van der Waals surface area (Å²) in [6.45, 7) is 6.94. The number of carbonyl (C=O) groups is 1. The van der Waals surface area contributed by atoms with Crippen LogP contribution in [-0.2, 0) is 9.47 Å². The molecule has 18 heavy (non-hydrogen) atoms. The van der Waals surface area contributed by atoms with E-state index in [2.05, 4.69) is 18.6 Å². The van der Waals surface area contributed by atoms with Gasteiger partial charge < -0.3 is 13.9 Å². The third kappa shape index (κ3) is 4.18. The van der Waals surface area contributed by atoms with Crippen LogP contribution in [0.3, 0.4) is 0 Å². The first-order valence-electron chi connectivity index (χ1n) is 6.38. The normalized spacial score (nSPS) is 14.2. The maximum atomic E-state index is 11.2. The van der Waals surface area contributed by atoms with E-state index >= 15 is 0 Å². The maximum absolute atomic E-state index is 11.2. The van der Waals surface area contributed by atoms with Gasteiger partial charge in [0, 0.05) is 0 Å². The van der Waals surface area contributed by atoms with Crippen LogP contribution in [0.25, 0.3) is 0 Å². The zero-order valence-electron chi connectivity index (χ0n) is 11.6. The fraction of sp³-hybridized carbons (Fsp3) is 0.643. The Kier molecular flexibility index (Phi) is 5.92. The molecule has 0 saturated heterocycles. The predicted molar refractivity (Wildman–Crippen MR) is 68.5 cm³/mol. The van der Waals surface area contributed by atoms with Crippen molar-refractivity contribution in [2.45, 2.75) is 39.7 Å². The van der Waals surface area contributed by atoms with E-state index in [0.29, 0.717) is 18.3 Å². The number of carbonyl (C=O) groups excluding carboxylic acids is 1. The molecule has 1 aromatic rings. The van der Waals surface area contributed by atoms with Crippen LogP contribution in [0.2, 0.25) is 0 Å². The molecule has 0 N–H and O–H groups in total. The predicted octanol–water partition coefficient (Wildman–Crippen LogP) is 3.58. The van der Waals surface area contributed by atoms with Crippen LogP contribution in [0.15, 0.2) is 16.5 Å². The number of methoxy groups -OCH3 is 1. The first kappa shape index (κ1) is 14.8. The monoisotopic (exact) mass is 254 g/mol. The standard InChI is InChI=1S/C14H22O4/c1-5-6-10(2)9-17-11(3)12-7-8-13(18-12)14(15)16-4/h7-8,10-11H,5-6,9H2,1-4H3. The van der Waals surface area contributed by atoms with Crippen molar-refractivity contribution in [2.75, 3.05) is 13.7 Å². The number of furan rings is 1. The molecule has 4 heteroatoms. The minimum Gasteiger partial charge on any atom is -0.463 e. The Bertz CT molecular complexity index is 370. The summed E-state index contributed by atoms with van der Waals surface area (Å²) in [6.07, 6.45) is 2.16. The highest BCUT2D eigenvalue weighted by atomic mass is 16.5. The Hall–Kier alpha value is -1.29. The maximum Gasteiger partial charge on any atom is 0.373 e. The minimum absolute atomic E-state index is 0.150. The molecule has 2 unspecified atom stereocenters. The second-order valence-corrected chi connectivity index (χ2v) is 4.56. The Balaban J connectivity index is 2.49. The molecule has 4 nitrogen and oxygen atoms in total. The van der Waals surface area contributed by atoms with Crippen LogP contribution in [0.1, 0.15) is 56.0 Å². The Morgan fingerprint density at radius 1 is 1.39 bits per heavy atom. The topological polar surface area (TPSA) is 48.7 Å². The van der Waals surface area contributed by atoms with Gasteiger partial charge in [-0.05, 0) is 31.4 Å². The fourth-order valence-electron chi connectivity index (χ4n) is 1.75. The second kappa shape index (κ2) is 7.21. The summed E-state index contributed by atoms with van der Waals surface area (Å²) >= 11 is 0. The summed E-state index contributed by atoms with van der Waals surface area (Å²) in [5, 5.41) is 0. The molecule has 0 aromatic carbocycles. The number of rotatable bonds is 7. The fourth-order valence-corrected chi connectivity index (χ4v) is 1.75. The van der Waals surface area contributed by atoms with E-state index in [1.165, 1.54) is 7.11 Å². The lowest BCUT2D eigenvalue weighted by Crippen LogP contribution is -2.08. The minimum atomic E-state index is -0.465. The SMILES string of the molecule is CCCC(C)COC(C)c1ccc(C(=O)OC)o1. The third-order valence-electron chi connectivity index (χ3n) is 2.83. The highest BCUT2D eigenvalue weighted by molar-refractivity contribution is 5.86. The van der Waals surface area contributed by atoms with E-state index in [9.17, 15) is 4.79 Å². The van der Waals surface area contributed by atoms with Crippen molar-refractivity contribution in [3.63, 3.8) is 0 Å². The highest BCUT2D eigenvalue weighted by Gasteiger charge is 2.16. The van der Waals surface area contributed by atoms with E-state index < -0.39 is 5.97 Å². The number of hydrogen-bond donors (Lipinski definition) is 0. The zero-order valence-corrected chi connectivity index (χ0v) is 11.6. The van der Waals surface area contributed by atoms with Crippen molar-refractivity contribution in [3.05, 3.63) is 23.7 Å². The lowest BCUT2D eigenvalue weighted by atomic mass is 10.1. The molecule has 0 radical (unpaired) electrons. The average molecular weight is 254 g/mol. The largest absolute Gasteiger partial charge is 0.463 e. The molecule has 0 bridgehead atoms. The lowest BCUT2D eigenvalue weighted by Gasteiger charge is -2.14. The molecule has 102 valence electrons. The van der Waals surface area contributed by atoms with Crippen LogP contribution in [0.5, 0.6) is 0 Å². The van der Waals surface area contributed by atoms with Crippen molar-refractivity contribution in [1.82, 2.24) is 0 Å². The van der Waals surface area contributed by atoms with E-state index in [0.717, 1.165) is 12.8 Å². The molecule has 1 heterocycles. The molecule has 1 rings (SSSR count). The summed E-state index contributed by atoms with van der Waals surface area (Å²) in [4.78, 5) is 11.2. The molecule has 1 aromatic heterocycles. The first-order chi connectivity index (χ1) is 8.58. The Morgan fingerprint density at radius 2 is 2.11 bits per heavy atom. The summed E-state index contributed by atoms with van der Waals surface area (Å²) < 4.78 is 15.7. The van der Waals surface area contributed by atoms with Gasteiger partial charge in [-0.1, -0.05) is 20.3 Å². The van der Waals surface area contributed by atoms with E-state index in [1.807, 2.05) is 6.92 Å². The average Bonchev–Trinajstić information content (AvgIpc) is 2.85. The smallest absolute Gasteiger partial charge is 0.373 e. The van der Waals surface area contributed by atoms with Gasteiger partial charge in [-0.25, -0.2) is 4.79 Å².